The molecule has 0 aliphatic heterocycles. The number of benzene rings is 2. The average Bonchev–Trinajstić information content (AvgIpc) is 2.57. The van der Waals surface area contributed by atoms with Crippen LogP contribution in [0.4, 0.5) is 5.69 Å². The average molecular weight is 375 g/mol. The van der Waals surface area contributed by atoms with Crippen LogP contribution in [0.1, 0.15) is 41.8 Å². The smallest absolute Gasteiger partial charge is 0.261 e. The molecule has 1 amide bonds. The second kappa shape index (κ2) is 8.36. The summed E-state index contributed by atoms with van der Waals surface area (Å²) in [5, 5.41) is 2.82. The highest BCUT2D eigenvalue weighted by Crippen LogP contribution is 2.21. The van der Waals surface area contributed by atoms with E-state index in [4.69, 9.17) is 0 Å². The predicted octanol–water partition coefficient (Wildman–Crippen LogP) is 3.88. The number of aryl methyl sites for hydroxylation is 2. The molecule has 2 aromatic carbocycles. The minimum atomic E-state index is -3.77. The molecule has 0 atom stereocenters. The van der Waals surface area contributed by atoms with Gasteiger partial charge in [0.25, 0.3) is 15.9 Å². The number of nitrogens with one attached hydrogen (secondary N) is 2. The van der Waals surface area contributed by atoms with Crippen molar-refractivity contribution in [3.05, 3.63) is 59.2 Å². The molecule has 6 heteroatoms. The third-order valence-corrected chi connectivity index (χ3v) is 5.41. The number of amides is 1. The third kappa shape index (κ3) is 5.33. The number of sulfonamides is 1. The van der Waals surface area contributed by atoms with Crippen LogP contribution >= 0.6 is 0 Å². The Morgan fingerprint density at radius 1 is 1.08 bits per heavy atom. The fourth-order valence-corrected chi connectivity index (χ4v) is 3.60. The van der Waals surface area contributed by atoms with Crippen molar-refractivity contribution in [1.29, 1.82) is 0 Å². The first kappa shape index (κ1) is 20.0. The van der Waals surface area contributed by atoms with Gasteiger partial charge in [-0.05, 0) is 61.6 Å². The SMILES string of the molecule is Cc1ccc(C)c(NS(=O)(=O)c2cccc(C(=O)NCCC(C)C)c2)c1. The Morgan fingerprint density at radius 2 is 1.81 bits per heavy atom. The molecule has 0 heterocycles. The van der Waals surface area contributed by atoms with Crippen molar-refractivity contribution in [2.75, 3.05) is 11.3 Å². The van der Waals surface area contributed by atoms with Gasteiger partial charge in [-0.3, -0.25) is 9.52 Å². The Bertz CT molecular complexity index is 890. The number of rotatable bonds is 7. The van der Waals surface area contributed by atoms with Crippen molar-refractivity contribution >= 4 is 21.6 Å². The molecule has 0 radical (unpaired) electrons. The molecule has 0 aromatic heterocycles. The summed E-state index contributed by atoms with van der Waals surface area (Å²) in [6, 6.07) is 11.7. The van der Waals surface area contributed by atoms with E-state index < -0.39 is 10.0 Å². The van der Waals surface area contributed by atoms with Gasteiger partial charge in [0.2, 0.25) is 0 Å². The highest BCUT2D eigenvalue weighted by Gasteiger charge is 2.17. The van der Waals surface area contributed by atoms with E-state index in [1.54, 1.807) is 18.2 Å². The van der Waals surface area contributed by atoms with E-state index in [-0.39, 0.29) is 10.8 Å². The van der Waals surface area contributed by atoms with E-state index in [0.717, 1.165) is 17.5 Å². The summed E-state index contributed by atoms with van der Waals surface area (Å²) < 4.78 is 28.0. The summed E-state index contributed by atoms with van der Waals surface area (Å²) in [7, 11) is -3.77. The lowest BCUT2D eigenvalue weighted by Crippen LogP contribution is -2.25. The van der Waals surface area contributed by atoms with E-state index in [0.29, 0.717) is 23.7 Å². The molecule has 0 saturated heterocycles. The lowest BCUT2D eigenvalue weighted by Gasteiger charge is -2.12. The van der Waals surface area contributed by atoms with Gasteiger partial charge in [0.1, 0.15) is 0 Å². The first-order chi connectivity index (χ1) is 12.2. The molecule has 0 saturated carbocycles. The summed E-state index contributed by atoms with van der Waals surface area (Å²) >= 11 is 0. The zero-order valence-electron chi connectivity index (χ0n) is 15.7. The zero-order valence-corrected chi connectivity index (χ0v) is 16.5. The second-order valence-corrected chi connectivity index (χ2v) is 8.57. The minimum absolute atomic E-state index is 0.0647. The van der Waals surface area contributed by atoms with E-state index >= 15 is 0 Å². The van der Waals surface area contributed by atoms with Gasteiger partial charge in [-0.25, -0.2) is 8.42 Å². The van der Waals surface area contributed by atoms with Crippen molar-refractivity contribution in [1.82, 2.24) is 5.32 Å². The highest BCUT2D eigenvalue weighted by atomic mass is 32.2. The molecule has 0 bridgehead atoms. The van der Waals surface area contributed by atoms with Crippen LogP contribution in [0.15, 0.2) is 47.4 Å². The number of anilines is 1. The zero-order chi connectivity index (χ0) is 19.3. The maximum Gasteiger partial charge on any atom is 0.261 e. The molecular formula is C20H26N2O3S. The Balaban J connectivity index is 2.19. The maximum atomic E-state index is 12.7. The number of hydrogen-bond acceptors (Lipinski definition) is 3. The predicted molar refractivity (Wildman–Crippen MR) is 105 cm³/mol. The highest BCUT2D eigenvalue weighted by molar-refractivity contribution is 7.92. The first-order valence-electron chi connectivity index (χ1n) is 8.67. The van der Waals surface area contributed by atoms with Crippen LogP contribution in [0.25, 0.3) is 0 Å². The van der Waals surface area contributed by atoms with Crippen LogP contribution in [0, 0.1) is 19.8 Å². The van der Waals surface area contributed by atoms with Crippen LogP contribution in [-0.2, 0) is 10.0 Å². The molecule has 0 aliphatic carbocycles. The van der Waals surface area contributed by atoms with E-state index in [2.05, 4.69) is 23.9 Å². The van der Waals surface area contributed by atoms with Crippen LogP contribution in [0.5, 0.6) is 0 Å². The molecule has 2 rings (SSSR count). The quantitative estimate of drug-likeness (QED) is 0.772. The van der Waals surface area contributed by atoms with Gasteiger partial charge in [0.15, 0.2) is 0 Å². The first-order valence-corrected chi connectivity index (χ1v) is 10.2. The summed E-state index contributed by atoms with van der Waals surface area (Å²) in [5.74, 6) is 0.221. The molecule has 0 fully saturated rings. The third-order valence-electron chi connectivity index (χ3n) is 4.05. The summed E-state index contributed by atoms with van der Waals surface area (Å²) in [6.45, 7) is 8.47. The van der Waals surface area contributed by atoms with Gasteiger partial charge in [-0.2, -0.15) is 0 Å². The molecule has 140 valence electrons. The van der Waals surface area contributed by atoms with Crippen molar-refractivity contribution in [2.45, 2.75) is 39.0 Å². The molecule has 26 heavy (non-hydrogen) atoms. The normalized spacial score (nSPS) is 11.4. The second-order valence-electron chi connectivity index (χ2n) is 6.89. The molecule has 5 nitrogen and oxygen atoms in total. The summed E-state index contributed by atoms with van der Waals surface area (Å²) in [6.07, 6.45) is 0.873. The molecule has 0 aliphatic rings. The van der Waals surface area contributed by atoms with E-state index in [9.17, 15) is 13.2 Å². The molecule has 2 N–H and O–H groups in total. The van der Waals surface area contributed by atoms with Crippen molar-refractivity contribution in [3.63, 3.8) is 0 Å². The van der Waals surface area contributed by atoms with Crippen LogP contribution in [0.3, 0.4) is 0 Å². The number of carbonyl (C=O) groups excluding carboxylic acids is 1. The fraction of sp³-hybridized carbons (Fsp3) is 0.350. The van der Waals surface area contributed by atoms with Gasteiger partial charge in [-0.1, -0.05) is 32.0 Å². The van der Waals surface area contributed by atoms with E-state index in [1.807, 2.05) is 26.0 Å². The summed E-state index contributed by atoms with van der Waals surface area (Å²) in [5.41, 5.74) is 2.67. The van der Waals surface area contributed by atoms with Gasteiger partial charge in [0.05, 0.1) is 10.6 Å². The van der Waals surface area contributed by atoms with Gasteiger partial charge in [-0.15, -0.1) is 0 Å². The van der Waals surface area contributed by atoms with Gasteiger partial charge < -0.3 is 5.32 Å². The minimum Gasteiger partial charge on any atom is -0.352 e. The van der Waals surface area contributed by atoms with Gasteiger partial charge in [0, 0.05) is 12.1 Å². The Kier molecular flexibility index (Phi) is 6.42. The van der Waals surface area contributed by atoms with Crippen LogP contribution < -0.4 is 10.0 Å². The van der Waals surface area contributed by atoms with E-state index in [1.165, 1.54) is 12.1 Å². The molecule has 0 spiro atoms. The Hall–Kier alpha value is -2.34. The largest absolute Gasteiger partial charge is 0.352 e. The number of carbonyl (C=O) groups is 1. The summed E-state index contributed by atoms with van der Waals surface area (Å²) in [4.78, 5) is 12.3. The molecular weight excluding hydrogens is 348 g/mol. The Morgan fingerprint density at radius 3 is 2.50 bits per heavy atom. The monoisotopic (exact) mass is 374 g/mol. The van der Waals surface area contributed by atoms with Crippen LogP contribution in [-0.4, -0.2) is 20.9 Å². The van der Waals surface area contributed by atoms with Crippen LogP contribution in [0.2, 0.25) is 0 Å². The van der Waals surface area contributed by atoms with Gasteiger partial charge >= 0.3 is 0 Å². The topological polar surface area (TPSA) is 75.3 Å². The standard InChI is InChI=1S/C20H26N2O3S/c1-14(2)10-11-21-20(23)17-6-5-7-18(13-17)26(24,25)22-19-12-15(3)8-9-16(19)4/h5-9,12-14,22H,10-11H2,1-4H3,(H,21,23). The molecule has 2 aromatic rings. The van der Waals surface area contributed by atoms with Crippen molar-refractivity contribution in [2.24, 2.45) is 5.92 Å². The maximum absolute atomic E-state index is 12.7. The fourth-order valence-electron chi connectivity index (χ4n) is 2.43. The van der Waals surface area contributed by atoms with Crippen molar-refractivity contribution in [3.8, 4) is 0 Å². The Labute approximate surface area is 155 Å². The molecule has 0 unspecified atom stereocenters. The lowest BCUT2D eigenvalue weighted by atomic mass is 10.1. The van der Waals surface area contributed by atoms with Crippen molar-refractivity contribution < 1.29 is 13.2 Å². The lowest BCUT2D eigenvalue weighted by molar-refractivity contribution is 0.0952. The number of hydrogen-bond donors (Lipinski definition) is 2.